The van der Waals surface area contributed by atoms with Gasteiger partial charge in [-0.2, -0.15) is 0 Å². The summed E-state index contributed by atoms with van der Waals surface area (Å²) in [5.41, 5.74) is 0. The SMILES string of the molecule is CCCCCCCCCCCCOC[C@@H](O)[C@H](O)CO. The summed E-state index contributed by atoms with van der Waals surface area (Å²) in [4.78, 5) is 0. The monoisotopic (exact) mass is 290 g/mol. The van der Waals surface area contributed by atoms with Gasteiger partial charge in [0.1, 0.15) is 12.2 Å². The Kier molecular flexibility index (Phi) is 15.1. The van der Waals surface area contributed by atoms with Crippen molar-refractivity contribution in [2.75, 3.05) is 19.8 Å². The smallest absolute Gasteiger partial charge is 0.105 e. The van der Waals surface area contributed by atoms with Crippen LogP contribution in [0.25, 0.3) is 0 Å². The van der Waals surface area contributed by atoms with Crippen LogP contribution >= 0.6 is 0 Å². The second-order valence-electron chi connectivity index (χ2n) is 5.57. The molecule has 0 radical (unpaired) electrons. The van der Waals surface area contributed by atoms with Crippen molar-refractivity contribution in [1.82, 2.24) is 0 Å². The molecule has 0 amide bonds. The van der Waals surface area contributed by atoms with Gasteiger partial charge in [-0.1, -0.05) is 64.7 Å². The Balaban J connectivity index is 3.10. The fourth-order valence-electron chi connectivity index (χ4n) is 2.13. The zero-order chi connectivity index (χ0) is 15.1. The first-order valence-electron chi connectivity index (χ1n) is 8.27. The summed E-state index contributed by atoms with van der Waals surface area (Å²) >= 11 is 0. The maximum atomic E-state index is 9.34. The van der Waals surface area contributed by atoms with Gasteiger partial charge in [0, 0.05) is 6.61 Å². The van der Waals surface area contributed by atoms with Gasteiger partial charge in [-0.25, -0.2) is 0 Å². The van der Waals surface area contributed by atoms with E-state index in [0.29, 0.717) is 6.61 Å². The third-order valence-corrected chi connectivity index (χ3v) is 3.56. The molecule has 20 heavy (non-hydrogen) atoms. The summed E-state index contributed by atoms with van der Waals surface area (Å²) in [6.45, 7) is 2.53. The van der Waals surface area contributed by atoms with E-state index in [9.17, 15) is 5.11 Å². The second-order valence-corrected chi connectivity index (χ2v) is 5.57. The summed E-state index contributed by atoms with van der Waals surface area (Å²) in [6, 6.07) is 0. The number of aliphatic hydroxyl groups is 3. The lowest BCUT2D eigenvalue weighted by Gasteiger charge is -2.15. The topological polar surface area (TPSA) is 69.9 Å². The van der Waals surface area contributed by atoms with E-state index >= 15 is 0 Å². The number of hydrogen-bond donors (Lipinski definition) is 3. The van der Waals surface area contributed by atoms with Crippen LogP contribution in [-0.4, -0.2) is 47.3 Å². The lowest BCUT2D eigenvalue weighted by atomic mass is 10.1. The van der Waals surface area contributed by atoms with Crippen LogP contribution in [0.4, 0.5) is 0 Å². The van der Waals surface area contributed by atoms with Gasteiger partial charge >= 0.3 is 0 Å². The van der Waals surface area contributed by atoms with E-state index in [4.69, 9.17) is 14.9 Å². The molecule has 0 saturated carbocycles. The first kappa shape index (κ1) is 19.8. The van der Waals surface area contributed by atoms with Crippen LogP contribution in [0.2, 0.25) is 0 Å². The zero-order valence-electron chi connectivity index (χ0n) is 13.1. The van der Waals surface area contributed by atoms with Crippen molar-refractivity contribution in [2.24, 2.45) is 0 Å². The molecule has 0 spiro atoms. The average Bonchev–Trinajstić information content (AvgIpc) is 2.47. The molecule has 0 aromatic rings. The van der Waals surface area contributed by atoms with E-state index in [0.717, 1.165) is 12.8 Å². The van der Waals surface area contributed by atoms with Gasteiger partial charge in [0.2, 0.25) is 0 Å². The molecule has 0 heterocycles. The van der Waals surface area contributed by atoms with E-state index in [2.05, 4.69) is 6.92 Å². The van der Waals surface area contributed by atoms with E-state index in [-0.39, 0.29) is 6.61 Å². The Labute approximate surface area is 124 Å². The average molecular weight is 290 g/mol. The first-order valence-corrected chi connectivity index (χ1v) is 8.27. The van der Waals surface area contributed by atoms with Gasteiger partial charge in [0.15, 0.2) is 0 Å². The zero-order valence-corrected chi connectivity index (χ0v) is 13.1. The van der Waals surface area contributed by atoms with Gasteiger partial charge in [0.05, 0.1) is 13.2 Å². The molecule has 0 fully saturated rings. The van der Waals surface area contributed by atoms with Gasteiger partial charge in [-0.05, 0) is 6.42 Å². The van der Waals surface area contributed by atoms with Crippen molar-refractivity contribution in [1.29, 1.82) is 0 Å². The highest BCUT2D eigenvalue weighted by Crippen LogP contribution is 2.10. The molecule has 0 aliphatic carbocycles. The minimum absolute atomic E-state index is 0.0964. The third-order valence-electron chi connectivity index (χ3n) is 3.56. The Morgan fingerprint density at radius 1 is 0.750 bits per heavy atom. The van der Waals surface area contributed by atoms with Crippen LogP contribution in [0.1, 0.15) is 71.1 Å². The molecule has 0 aliphatic heterocycles. The molecule has 0 saturated heterocycles. The molecular weight excluding hydrogens is 256 g/mol. The van der Waals surface area contributed by atoms with Crippen molar-refractivity contribution in [2.45, 2.75) is 83.3 Å². The summed E-state index contributed by atoms with van der Waals surface area (Å²) in [5, 5.41) is 27.1. The summed E-state index contributed by atoms with van der Waals surface area (Å²) in [7, 11) is 0. The molecule has 2 atom stereocenters. The molecule has 4 nitrogen and oxygen atoms in total. The highest BCUT2D eigenvalue weighted by molar-refractivity contribution is 4.64. The van der Waals surface area contributed by atoms with Crippen molar-refractivity contribution in [3.63, 3.8) is 0 Å². The van der Waals surface area contributed by atoms with Gasteiger partial charge in [0.25, 0.3) is 0 Å². The van der Waals surface area contributed by atoms with Crippen LogP contribution < -0.4 is 0 Å². The lowest BCUT2D eigenvalue weighted by molar-refractivity contribution is -0.0571. The normalized spacial score (nSPS) is 14.4. The summed E-state index contributed by atoms with van der Waals surface area (Å²) in [6.07, 6.45) is 10.8. The number of unbranched alkanes of at least 4 members (excludes halogenated alkanes) is 9. The minimum Gasteiger partial charge on any atom is -0.394 e. The predicted molar refractivity (Wildman–Crippen MR) is 81.8 cm³/mol. The molecule has 0 aromatic carbocycles. The van der Waals surface area contributed by atoms with Crippen molar-refractivity contribution < 1.29 is 20.1 Å². The molecule has 3 N–H and O–H groups in total. The van der Waals surface area contributed by atoms with E-state index < -0.39 is 18.8 Å². The molecule has 0 rings (SSSR count). The standard InChI is InChI=1S/C16H34O4/c1-2-3-4-5-6-7-8-9-10-11-12-20-14-16(19)15(18)13-17/h15-19H,2-14H2,1H3/t15-,16-/m1/s1. The van der Waals surface area contributed by atoms with Crippen molar-refractivity contribution in [3.05, 3.63) is 0 Å². The van der Waals surface area contributed by atoms with Gasteiger partial charge < -0.3 is 20.1 Å². The number of hydrogen-bond acceptors (Lipinski definition) is 4. The second kappa shape index (κ2) is 15.2. The van der Waals surface area contributed by atoms with Crippen LogP contribution in [0.15, 0.2) is 0 Å². The van der Waals surface area contributed by atoms with Crippen LogP contribution in [0.5, 0.6) is 0 Å². The van der Waals surface area contributed by atoms with Crippen LogP contribution in [0, 0.1) is 0 Å². The predicted octanol–water partition coefficient (Wildman–Crippen LogP) is 2.64. The maximum absolute atomic E-state index is 9.34. The van der Waals surface area contributed by atoms with E-state index in [1.54, 1.807) is 0 Å². The quantitative estimate of drug-likeness (QED) is 0.406. The molecule has 122 valence electrons. The maximum Gasteiger partial charge on any atom is 0.105 e. The number of aliphatic hydroxyl groups excluding tert-OH is 3. The molecule has 0 unspecified atom stereocenters. The van der Waals surface area contributed by atoms with Gasteiger partial charge in [-0.3, -0.25) is 0 Å². The Bertz CT molecular complexity index is 187. The third kappa shape index (κ3) is 12.9. The van der Waals surface area contributed by atoms with Crippen molar-refractivity contribution >= 4 is 0 Å². The van der Waals surface area contributed by atoms with Crippen LogP contribution in [-0.2, 0) is 4.74 Å². The first-order chi connectivity index (χ1) is 9.72. The highest BCUT2D eigenvalue weighted by atomic mass is 16.5. The summed E-state index contributed by atoms with van der Waals surface area (Å²) in [5.74, 6) is 0. The molecular formula is C16H34O4. The van der Waals surface area contributed by atoms with Crippen LogP contribution in [0.3, 0.4) is 0 Å². The van der Waals surface area contributed by atoms with E-state index in [1.165, 1.54) is 51.4 Å². The summed E-state index contributed by atoms with van der Waals surface area (Å²) < 4.78 is 5.27. The fraction of sp³-hybridized carbons (Fsp3) is 1.00. The Hall–Kier alpha value is -0.160. The largest absolute Gasteiger partial charge is 0.394 e. The van der Waals surface area contributed by atoms with Gasteiger partial charge in [-0.15, -0.1) is 0 Å². The highest BCUT2D eigenvalue weighted by Gasteiger charge is 2.14. The molecule has 0 aromatic heterocycles. The Morgan fingerprint density at radius 2 is 1.25 bits per heavy atom. The Morgan fingerprint density at radius 3 is 1.75 bits per heavy atom. The lowest BCUT2D eigenvalue weighted by Crippen LogP contribution is -2.33. The minimum atomic E-state index is -1.09. The molecule has 0 bridgehead atoms. The fourth-order valence-corrected chi connectivity index (χ4v) is 2.13. The molecule has 0 aliphatic rings. The molecule has 4 heteroatoms. The number of rotatable bonds is 15. The van der Waals surface area contributed by atoms with Crippen molar-refractivity contribution in [3.8, 4) is 0 Å². The number of ether oxygens (including phenoxy) is 1. The van der Waals surface area contributed by atoms with E-state index in [1.807, 2.05) is 0 Å².